The van der Waals surface area contributed by atoms with E-state index in [-0.39, 0.29) is 6.04 Å². The molecule has 0 aromatic heterocycles. The average Bonchev–Trinajstić information content (AvgIpc) is 2.14. The SMILES string of the molecule is C=CCC(NN)c1cccc(C)c1. The predicted molar refractivity (Wildman–Crippen MR) is 56.1 cm³/mol. The van der Waals surface area contributed by atoms with Crippen molar-refractivity contribution in [2.45, 2.75) is 19.4 Å². The third kappa shape index (κ3) is 2.68. The molecule has 3 N–H and O–H groups in total. The normalized spacial score (nSPS) is 12.5. The Morgan fingerprint density at radius 3 is 2.92 bits per heavy atom. The molecule has 0 aliphatic carbocycles. The number of nitrogens with one attached hydrogen (secondary N) is 1. The summed E-state index contributed by atoms with van der Waals surface area (Å²) in [6.45, 7) is 5.78. The first-order valence-corrected chi connectivity index (χ1v) is 4.41. The van der Waals surface area contributed by atoms with Crippen LogP contribution in [0, 0.1) is 6.92 Å². The first-order valence-electron chi connectivity index (χ1n) is 4.41. The lowest BCUT2D eigenvalue weighted by molar-refractivity contribution is 0.561. The molecule has 0 bridgehead atoms. The zero-order chi connectivity index (χ0) is 9.68. The Hall–Kier alpha value is -1.12. The van der Waals surface area contributed by atoms with Gasteiger partial charge in [-0.05, 0) is 18.9 Å². The van der Waals surface area contributed by atoms with Crippen LogP contribution < -0.4 is 11.3 Å². The molecule has 1 atom stereocenters. The van der Waals surface area contributed by atoms with Crippen molar-refractivity contribution in [2.24, 2.45) is 5.84 Å². The van der Waals surface area contributed by atoms with Crippen molar-refractivity contribution < 1.29 is 0 Å². The van der Waals surface area contributed by atoms with Crippen LogP contribution in [-0.4, -0.2) is 0 Å². The number of benzene rings is 1. The second-order valence-electron chi connectivity index (χ2n) is 3.16. The van der Waals surface area contributed by atoms with Gasteiger partial charge in [0.1, 0.15) is 0 Å². The second kappa shape index (κ2) is 4.80. The summed E-state index contributed by atoms with van der Waals surface area (Å²) >= 11 is 0. The van der Waals surface area contributed by atoms with Crippen LogP contribution in [0.5, 0.6) is 0 Å². The molecular weight excluding hydrogens is 160 g/mol. The smallest absolute Gasteiger partial charge is 0.0494 e. The van der Waals surface area contributed by atoms with Gasteiger partial charge >= 0.3 is 0 Å². The van der Waals surface area contributed by atoms with Gasteiger partial charge in [-0.25, -0.2) is 0 Å². The average molecular weight is 176 g/mol. The molecule has 1 aromatic rings. The van der Waals surface area contributed by atoms with Crippen LogP contribution in [0.15, 0.2) is 36.9 Å². The van der Waals surface area contributed by atoms with E-state index >= 15 is 0 Å². The Labute approximate surface area is 79.4 Å². The quantitative estimate of drug-likeness (QED) is 0.419. The lowest BCUT2D eigenvalue weighted by atomic mass is 10.0. The molecule has 2 heteroatoms. The molecular formula is C11H16N2. The van der Waals surface area contributed by atoms with E-state index in [0.29, 0.717) is 0 Å². The summed E-state index contributed by atoms with van der Waals surface area (Å²) in [5, 5.41) is 0. The van der Waals surface area contributed by atoms with Gasteiger partial charge in [-0.15, -0.1) is 6.58 Å². The first-order chi connectivity index (χ1) is 6.27. The van der Waals surface area contributed by atoms with Gasteiger partial charge < -0.3 is 0 Å². The minimum absolute atomic E-state index is 0.178. The lowest BCUT2D eigenvalue weighted by Gasteiger charge is -2.14. The standard InChI is InChI=1S/C11H16N2/c1-3-5-11(13-12)10-7-4-6-9(2)8-10/h3-4,6-8,11,13H,1,5,12H2,2H3. The second-order valence-corrected chi connectivity index (χ2v) is 3.16. The molecule has 1 unspecified atom stereocenters. The van der Waals surface area contributed by atoms with Crippen molar-refractivity contribution in [1.29, 1.82) is 0 Å². The maximum Gasteiger partial charge on any atom is 0.0494 e. The van der Waals surface area contributed by atoms with Crippen molar-refractivity contribution in [1.82, 2.24) is 5.43 Å². The Bertz CT molecular complexity index is 281. The fourth-order valence-electron chi connectivity index (χ4n) is 1.35. The van der Waals surface area contributed by atoms with Gasteiger partial charge in [0.25, 0.3) is 0 Å². The Kier molecular flexibility index (Phi) is 3.68. The largest absolute Gasteiger partial charge is 0.271 e. The minimum atomic E-state index is 0.178. The summed E-state index contributed by atoms with van der Waals surface area (Å²) in [5.41, 5.74) is 5.24. The third-order valence-electron chi connectivity index (χ3n) is 2.05. The van der Waals surface area contributed by atoms with Crippen LogP contribution in [0.4, 0.5) is 0 Å². The van der Waals surface area contributed by atoms with E-state index < -0.39 is 0 Å². The fourth-order valence-corrected chi connectivity index (χ4v) is 1.35. The summed E-state index contributed by atoms with van der Waals surface area (Å²) in [4.78, 5) is 0. The summed E-state index contributed by atoms with van der Waals surface area (Å²) < 4.78 is 0. The van der Waals surface area contributed by atoms with E-state index in [1.165, 1.54) is 11.1 Å². The third-order valence-corrected chi connectivity index (χ3v) is 2.05. The number of hydrazine groups is 1. The van der Waals surface area contributed by atoms with Gasteiger partial charge in [-0.3, -0.25) is 11.3 Å². The van der Waals surface area contributed by atoms with E-state index in [9.17, 15) is 0 Å². The number of nitrogens with two attached hydrogens (primary N) is 1. The number of hydrogen-bond donors (Lipinski definition) is 2. The maximum absolute atomic E-state index is 5.44. The van der Waals surface area contributed by atoms with Crippen LogP contribution in [0.3, 0.4) is 0 Å². The zero-order valence-electron chi connectivity index (χ0n) is 7.96. The van der Waals surface area contributed by atoms with E-state index in [2.05, 4.69) is 37.1 Å². The van der Waals surface area contributed by atoms with Crippen LogP contribution in [0.2, 0.25) is 0 Å². The first kappa shape index (κ1) is 9.96. The molecule has 0 aliphatic rings. The van der Waals surface area contributed by atoms with Gasteiger partial charge in [0.2, 0.25) is 0 Å². The molecule has 0 saturated carbocycles. The zero-order valence-corrected chi connectivity index (χ0v) is 7.96. The molecule has 13 heavy (non-hydrogen) atoms. The van der Waals surface area contributed by atoms with Gasteiger partial charge in [-0.2, -0.15) is 0 Å². The summed E-state index contributed by atoms with van der Waals surface area (Å²) in [7, 11) is 0. The van der Waals surface area contributed by atoms with Crippen molar-refractivity contribution in [3.63, 3.8) is 0 Å². The van der Waals surface area contributed by atoms with E-state index in [1.54, 1.807) is 0 Å². The molecule has 0 saturated heterocycles. The number of hydrogen-bond acceptors (Lipinski definition) is 2. The van der Waals surface area contributed by atoms with Crippen LogP contribution in [0.25, 0.3) is 0 Å². The molecule has 2 nitrogen and oxygen atoms in total. The molecule has 0 spiro atoms. The topological polar surface area (TPSA) is 38.0 Å². The molecule has 0 aliphatic heterocycles. The van der Waals surface area contributed by atoms with Crippen molar-refractivity contribution in [3.8, 4) is 0 Å². The van der Waals surface area contributed by atoms with Crippen LogP contribution >= 0.6 is 0 Å². The lowest BCUT2D eigenvalue weighted by Crippen LogP contribution is -2.27. The summed E-state index contributed by atoms with van der Waals surface area (Å²) in [6, 6.07) is 8.50. The molecule has 0 amide bonds. The monoisotopic (exact) mass is 176 g/mol. The van der Waals surface area contributed by atoms with Crippen LogP contribution in [-0.2, 0) is 0 Å². The molecule has 0 radical (unpaired) electrons. The Balaban J connectivity index is 2.84. The fraction of sp³-hybridized carbons (Fsp3) is 0.273. The summed E-state index contributed by atoms with van der Waals surface area (Å²) in [6.07, 6.45) is 2.72. The van der Waals surface area contributed by atoms with E-state index in [1.807, 2.05) is 12.1 Å². The van der Waals surface area contributed by atoms with Crippen molar-refractivity contribution >= 4 is 0 Å². The van der Waals surface area contributed by atoms with Gasteiger partial charge in [-0.1, -0.05) is 35.9 Å². The van der Waals surface area contributed by atoms with Crippen molar-refractivity contribution in [2.75, 3.05) is 0 Å². The molecule has 70 valence electrons. The highest BCUT2D eigenvalue weighted by atomic mass is 15.2. The Morgan fingerprint density at radius 2 is 2.38 bits per heavy atom. The molecule has 0 fully saturated rings. The van der Waals surface area contributed by atoms with Crippen LogP contribution in [0.1, 0.15) is 23.6 Å². The predicted octanol–water partition coefficient (Wildman–Crippen LogP) is 2.08. The number of rotatable bonds is 4. The maximum atomic E-state index is 5.44. The molecule has 1 aromatic carbocycles. The highest BCUT2D eigenvalue weighted by molar-refractivity contribution is 5.25. The van der Waals surface area contributed by atoms with Gasteiger partial charge in [0.05, 0.1) is 0 Å². The highest BCUT2D eigenvalue weighted by Gasteiger charge is 2.06. The van der Waals surface area contributed by atoms with Gasteiger partial charge in [0, 0.05) is 6.04 Å². The van der Waals surface area contributed by atoms with Crippen molar-refractivity contribution in [3.05, 3.63) is 48.0 Å². The number of aryl methyl sites for hydroxylation is 1. The van der Waals surface area contributed by atoms with E-state index in [0.717, 1.165) is 6.42 Å². The summed E-state index contributed by atoms with van der Waals surface area (Å²) in [5.74, 6) is 5.44. The molecule has 0 heterocycles. The minimum Gasteiger partial charge on any atom is -0.271 e. The molecule has 1 rings (SSSR count). The van der Waals surface area contributed by atoms with Gasteiger partial charge in [0.15, 0.2) is 0 Å². The van der Waals surface area contributed by atoms with E-state index in [4.69, 9.17) is 5.84 Å². The highest BCUT2D eigenvalue weighted by Crippen LogP contribution is 2.16. The Morgan fingerprint density at radius 1 is 1.62 bits per heavy atom.